The van der Waals surface area contributed by atoms with Crippen LogP contribution >= 0.6 is 0 Å². The van der Waals surface area contributed by atoms with Gasteiger partial charge in [-0.2, -0.15) is 18.6 Å². The molecule has 7 aromatic carbocycles. The molecule has 113 heavy (non-hydrogen) atoms. The van der Waals surface area contributed by atoms with Gasteiger partial charge in [0.25, 0.3) is 27.8 Å². The van der Waals surface area contributed by atoms with E-state index >= 15 is 0 Å². The predicted octanol–water partition coefficient (Wildman–Crippen LogP) is 5.41. The first kappa shape index (κ1) is 82.3. The number of nitrogens with zero attached hydrogens (tertiary/aromatic N) is 5. The number of carboxylic acid groups (broad SMARTS) is 2. The molecule has 0 spiro atoms. The van der Waals surface area contributed by atoms with E-state index < -0.39 is 131 Å². The maximum Gasteiger partial charge on any atom is 0.407 e. The van der Waals surface area contributed by atoms with Crippen LogP contribution in [0.15, 0.2) is 173 Å². The lowest BCUT2D eigenvalue weighted by Gasteiger charge is -2.43. The Labute approximate surface area is 648 Å². The lowest BCUT2D eigenvalue weighted by Crippen LogP contribution is -2.65. The minimum Gasteiger partial charge on any atom is -0.481 e. The van der Waals surface area contributed by atoms with Gasteiger partial charge in [-0.3, -0.25) is 62.3 Å². The number of unbranched alkanes of at least 4 members (excludes halogenated alkanes) is 1. The summed E-state index contributed by atoms with van der Waals surface area (Å²) in [5.41, 5.74) is 7.01. The summed E-state index contributed by atoms with van der Waals surface area (Å²) < 4.78 is 39.5. The molecule has 2 heterocycles. The average molecular weight is 1570 g/mol. The molecular formula is C78H85N15O19S. The number of nitrogens with one attached hydrogen (secondary N) is 10. The summed E-state index contributed by atoms with van der Waals surface area (Å²) in [4.78, 5) is 175. The molecule has 0 unspecified atom stereocenters. The summed E-state index contributed by atoms with van der Waals surface area (Å²) in [6.07, 6.45) is -2.43. The summed E-state index contributed by atoms with van der Waals surface area (Å²) in [6.45, 7) is -1.20. The number of aliphatic carboxylic acids is 2. The van der Waals surface area contributed by atoms with E-state index in [1.165, 1.54) is 36.4 Å². The SMILES string of the molecule is CN(C)c1ccc(N=Nc2ccc(C(=O)NCCCC[C@H](NC(=O)CNC(=O)[C@H](CC(=O)O)NC(=O)[C@@H]3CCCN4C(=O)CC[C@H](NC(=O)c5ccc(NC(=O)CNC(=O)[C@H](CCC(=O)NCCNc6cccc7c(S(=O)(=O)O)cccc67)NC(=O)OCC6c7ccccc7-c7ccccc76)cc5)C(=O)N34)C(=O)O)cc2)cc1. The summed E-state index contributed by atoms with van der Waals surface area (Å²) >= 11 is 0. The molecule has 10 rings (SSSR count). The highest BCUT2D eigenvalue weighted by Crippen LogP contribution is 2.44. The van der Waals surface area contributed by atoms with Gasteiger partial charge in [-0.05, 0) is 152 Å². The van der Waals surface area contributed by atoms with E-state index in [1.54, 1.807) is 48.5 Å². The molecular weight excluding hydrogens is 1480 g/mol. The van der Waals surface area contributed by atoms with Gasteiger partial charge in [0, 0.05) is 98.0 Å². The number of amides is 11. The lowest BCUT2D eigenvalue weighted by atomic mass is 9.98. The number of benzene rings is 7. The van der Waals surface area contributed by atoms with Gasteiger partial charge in [0.15, 0.2) is 0 Å². The minimum atomic E-state index is -4.52. The number of ether oxygens (including phenoxy) is 1. The van der Waals surface area contributed by atoms with E-state index in [0.717, 1.165) is 38.0 Å². The first-order chi connectivity index (χ1) is 54.2. The maximum absolute atomic E-state index is 14.4. The van der Waals surface area contributed by atoms with Crippen LogP contribution in [0.3, 0.4) is 0 Å². The van der Waals surface area contributed by atoms with Crippen LogP contribution in [-0.2, 0) is 62.8 Å². The van der Waals surface area contributed by atoms with Crippen molar-refractivity contribution in [2.45, 2.75) is 105 Å². The number of hydrazine groups is 1. The van der Waals surface area contributed by atoms with Crippen molar-refractivity contribution in [2.75, 3.05) is 75.5 Å². The first-order valence-corrected chi connectivity index (χ1v) is 37.8. The van der Waals surface area contributed by atoms with E-state index in [1.807, 2.05) is 91.8 Å². The molecule has 1 aliphatic carbocycles. The second-order valence-corrected chi connectivity index (χ2v) is 28.4. The molecule has 2 aliphatic heterocycles. The van der Waals surface area contributed by atoms with Crippen LogP contribution in [0.2, 0.25) is 0 Å². The number of hydrogen-bond donors (Lipinski definition) is 13. The topological polar surface area (TPSA) is 481 Å². The Hall–Kier alpha value is -13.2. The molecule has 0 bridgehead atoms. The van der Waals surface area contributed by atoms with E-state index in [4.69, 9.17) is 4.74 Å². The van der Waals surface area contributed by atoms with Crippen LogP contribution in [0, 0.1) is 0 Å². The fourth-order valence-electron chi connectivity index (χ4n) is 13.2. The quantitative estimate of drug-likeness (QED) is 0.0134. The molecule has 592 valence electrons. The van der Waals surface area contributed by atoms with E-state index in [2.05, 4.69) is 63.4 Å². The Bertz CT molecular complexity index is 4850. The van der Waals surface area contributed by atoms with Crippen LogP contribution in [-0.4, -0.2) is 200 Å². The van der Waals surface area contributed by atoms with Crippen molar-refractivity contribution in [2.24, 2.45) is 10.2 Å². The molecule has 0 saturated carbocycles. The highest BCUT2D eigenvalue weighted by Gasteiger charge is 2.46. The molecule has 13 N–H and O–H groups in total. The number of anilines is 3. The van der Waals surface area contributed by atoms with E-state index in [9.17, 15) is 85.5 Å². The molecule has 35 heteroatoms. The van der Waals surface area contributed by atoms with Crippen LogP contribution in [0.25, 0.3) is 21.9 Å². The van der Waals surface area contributed by atoms with Gasteiger partial charge in [-0.1, -0.05) is 72.8 Å². The zero-order valence-electron chi connectivity index (χ0n) is 61.5. The number of hydrogen-bond acceptors (Lipinski definition) is 20. The Kier molecular flexibility index (Phi) is 28.0. The van der Waals surface area contributed by atoms with Gasteiger partial charge < -0.3 is 73.0 Å². The fourth-order valence-corrected chi connectivity index (χ4v) is 13.9. The second kappa shape index (κ2) is 38.5. The normalized spacial score (nSPS) is 15.3. The van der Waals surface area contributed by atoms with Crippen molar-refractivity contribution in [3.63, 3.8) is 0 Å². The number of azo groups is 1. The van der Waals surface area contributed by atoms with Crippen LogP contribution in [0.4, 0.5) is 33.2 Å². The minimum absolute atomic E-state index is 0.0187. The van der Waals surface area contributed by atoms with Gasteiger partial charge in [0.1, 0.15) is 41.7 Å². The van der Waals surface area contributed by atoms with E-state index in [0.29, 0.717) is 34.4 Å². The molecule has 3 aliphatic rings. The zero-order chi connectivity index (χ0) is 80.9. The Morgan fingerprint density at radius 2 is 1.22 bits per heavy atom. The smallest absolute Gasteiger partial charge is 0.407 e. The number of carbonyl (C=O) groups excluding carboxylic acids is 11. The number of carbonyl (C=O) groups is 13. The average Bonchev–Trinajstić information content (AvgIpc) is 1.61. The first-order valence-electron chi connectivity index (χ1n) is 36.3. The summed E-state index contributed by atoms with van der Waals surface area (Å²) in [5.74, 6) is -11.3. The van der Waals surface area contributed by atoms with Crippen molar-refractivity contribution in [3.05, 3.63) is 180 Å². The summed E-state index contributed by atoms with van der Waals surface area (Å²) in [5, 5.41) is 56.5. The third kappa shape index (κ3) is 22.3. The Balaban J connectivity index is 0.679. The molecule has 11 amide bonds. The molecule has 0 radical (unpaired) electrons. The van der Waals surface area contributed by atoms with Gasteiger partial charge in [0.2, 0.25) is 41.4 Å². The highest BCUT2D eigenvalue weighted by atomic mass is 32.2. The third-order valence-electron chi connectivity index (χ3n) is 18.9. The summed E-state index contributed by atoms with van der Waals surface area (Å²) in [6, 6.07) is 36.2. The monoisotopic (exact) mass is 1570 g/mol. The lowest BCUT2D eigenvalue weighted by molar-refractivity contribution is -0.176. The van der Waals surface area contributed by atoms with Crippen molar-refractivity contribution >= 4 is 126 Å². The molecule has 34 nitrogen and oxygen atoms in total. The van der Waals surface area contributed by atoms with Gasteiger partial charge in [-0.25, -0.2) is 14.6 Å². The standard InChI is InChI=1S/C78H85N15O19S/c1-91(2)51-32-30-50(31-33-51)90-89-49-28-24-46(25-29-49)71(100)81-38-8-7-18-62(77(106)107)85-68(96)44-83-74(103)63(42-70(98)99)87-75(104)64-20-11-41-92-69(97)37-35-61(76(105)93(64)92)86-72(101)47-22-26-48(27-23-47)84-67(95)43-82-73(102)60(88-78(108)112-45-58-54-14-5-3-12-52(54)53-13-4-6-15-55(53)58)34-36-66(94)80-40-39-79-59-19-9-17-57-56(59)16-10-21-65(57)113(109,110)111/h3-6,9-10,12-17,19,21-33,58,60-64,79H,7-8,11,18,20,34-45H2,1-2H3,(H,80,94)(H,81,100)(H,82,102)(H,83,103)(H,84,95)(H,85,96)(H,86,101)(H,87,104)(H,88,108)(H,98,99)(H,106,107)(H,109,110,111)/t60-,61-,62-,63-,64-/m0/s1. The zero-order valence-corrected chi connectivity index (χ0v) is 62.3. The highest BCUT2D eigenvalue weighted by molar-refractivity contribution is 7.86. The van der Waals surface area contributed by atoms with Crippen LogP contribution in [0.5, 0.6) is 0 Å². The Morgan fingerprint density at radius 1 is 0.602 bits per heavy atom. The van der Waals surface area contributed by atoms with Crippen molar-refractivity contribution in [1.82, 2.24) is 52.6 Å². The summed E-state index contributed by atoms with van der Waals surface area (Å²) in [7, 11) is -0.675. The predicted molar refractivity (Wildman–Crippen MR) is 411 cm³/mol. The third-order valence-corrected chi connectivity index (χ3v) is 19.8. The van der Waals surface area contributed by atoms with Gasteiger partial charge >= 0.3 is 18.0 Å². The van der Waals surface area contributed by atoms with E-state index in [-0.39, 0.29) is 118 Å². The van der Waals surface area contributed by atoms with Crippen molar-refractivity contribution < 1.29 is 90.2 Å². The second-order valence-electron chi connectivity index (χ2n) is 27.0. The Morgan fingerprint density at radius 3 is 1.88 bits per heavy atom. The maximum atomic E-state index is 14.4. The number of fused-ring (bicyclic) bond motifs is 5. The molecule has 7 aromatic rings. The number of rotatable bonds is 35. The number of carboxylic acids is 2. The van der Waals surface area contributed by atoms with Gasteiger partial charge in [-0.15, -0.1) is 0 Å². The van der Waals surface area contributed by atoms with Crippen molar-refractivity contribution in [1.29, 1.82) is 0 Å². The fraction of sp³-hybridized carbons (Fsp3) is 0.321. The molecule has 0 aromatic heterocycles. The molecule has 5 atom stereocenters. The number of alkyl carbamates (subject to hydrolysis) is 1. The molecule has 2 saturated heterocycles. The van der Waals surface area contributed by atoms with Gasteiger partial charge in [0.05, 0.1) is 30.9 Å². The van der Waals surface area contributed by atoms with Crippen LogP contribution < -0.4 is 58.1 Å². The molecule has 2 fully saturated rings. The van der Waals surface area contributed by atoms with Crippen molar-refractivity contribution in [3.8, 4) is 11.1 Å². The van der Waals surface area contributed by atoms with Crippen LogP contribution in [0.1, 0.15) is 102 Å². The largest absolute Gasteiger partial charge is 0.481 e.